The molecule has 2 aromatic carbocycles. The first-order valence-corrected chi connectivity index (χ1v) is 10.6. The first kappa shape index (κ1) is 23.3. The number of benzene rings is 2. The second kappa shape index (κ2) is 9.81. The molecule has 1 N–H and O–H groups in total. The van der Waals surface area contributed by atoms with Crippen LogP contribution in [0.1, 0.15) is 54.6 Å². The third-order valence-electron chi connectivity index (χ3n) is 5.86. The van der Waals surface area contributed by atoms with Crippen LogP contribution in [-0.2, 0) is 11.8 Å². The fourth-order valence-corrected chi connectivity index (χ4v) is 3.47. The molecule has 6 nitrogen and oxygen atoms in total. The van der Waals surface area contributed by atoms with Crippen molar-refractivity contribution in [2.24, 2.45) is 0 Å². The van der Waals surface area contributed by atoms with Gasteiger partial charge in [-0.3, -0.25) is 4.79 Å². The number of rotatable bonds is 9. The Bertz CT molecular complexity index is 1060. The lowest BCUT2D eigenvalue weighted by molar-refractivity contribution is 0.0994. The highest BCUT2D eigenvalue weighted by atomic mass is 16.5. The highest BCUT2D eigenvalue weighted by Crippen LogP contribution is 2.35. The summed E-state index contributed by atoms with van der Waals surface area (Å²) in [6.45, 7) is 6.62. The first-order chi connectivity index (χ1) is 15.3. The standard InChI is InChI=1S/C26H31NO5/c1-7-26(2,3)18-11-13-20(29-4)17(15-18)16-19-12-14-23(32-19)25(28)27-24-21(30-5)9-8-10-22(24)31-6/h8-15H,7,16H2,1-6H3,(H,27,28). The quantitative estimate of drug-likeness (QED) is 0.456. The Balaban J connectivity index is 1.83. The minimum absolute atomic E-state index is 0.0586. The Morgan fingerprint density at radius 2 is 1.59 bits per heavy atom. The minimum Gasteiger partial charge on any atom is -0.496 e. The van der Waals surface area contributed by atoms with Crippen LogP contribution in [0.2, 0.25) is 0 Å². The van der Waals surface area contributed by atoms with Gasteiger partial charge in [-0.05, 0) is 47.7 Å². The molecule has 0 saturated carbocycles. The fraction of sp³-hybridized carbons (Fsp3) is 0.346. The van der Waals surface area contributed by atoms with Gasteiger partial charge in [0.1, 0.15) is 28.7 Å². The molecule has 1 aromatic heterocycles. The van der Waals surface area contributed by atoms with Gasteiger partial charge in [-0.25, -0.2) is 0 Å². The molecule has 170 valence electrons. The zero-order valence-corrected chi connectivity index (χ0v) is 19.6. The van der Waals surface area contributed by atoms with Crippen LogP contribution in [0.25, 0.3) is 0 Å². The molecule has 0 fully saturated rings. The van der Waals surface area contributed by atoms with E-state index in [9.17, 15) is 4.79 Å². The van der Waals surface area contributed by atoms with Gasteiger partial charge in [-0.2, -0.15) is 0 Å². The topological polar surface area (TPSA) is 69.9 Å². The number of ether oxygens (including phenoxy) is 3. The lowest BCUT2D eigenvalue weighted by Crippen LogP contribution is -2.15. The van der Waals surface area contributed by atoms with Crippen molar-refractivity contribution in [2.45, 2.75) is 39.0 Å². The monoisotopic (exact) mass is 437 g/mol. The van der Waals surface area contributed by atoms with Gasteiger partial charge in [0.25, 0.3) is 5.91 Å². The summed E-state index contributed by atoms with van der Waals surface area (Å²) in [5.74, 6) is 2.30. The lowest BCUT2D eigenvalue weighted by Gasteiger charge is -2.24. The zero-order valence-electron chi connectivity index (χ0n) is 19.6. The average Bonchev–Trinajstić information content (AvgIpc) is 3.27. The molecule has 0 spiro atoms. The van der Waals surface area contributed by atoms with E-state index in [0.29, 0.717) is 29.4 Å². The summed E-state index contributed by atoms with van der Waals surface area (Å²) in [5.41, 5.74) is 2.77. The predicted molar refractivity (Wildman–Crippen MR) is 125 cm³/mol. The largest absolute Gasteiger partial charge is 0.496 e. The molecule has 1 amide bonds. The lowest BCUT2D eigenvalue weighted by atomic mass is 9.81. The van der Waals surface area contributed by atoms with Gasteiger partial charge in [-0.1, -0.05) is 39.0 Å². The zero-order chi connectivity index (χ0) is 23.3. The molecule has 0 aliphatic carbocycles. The summed E-state index contributed by atoms with van der Waals surface area (Å²) < 4.78 is 22.1. The van der Waals surface area contributed by atoms with Crippen LogP contribution in [0.15, 0.2) is 52.9 Å². The van der Waals surface area contributed by atoms with E-state index < -0.39 is 0 Å². The number of hydrogen-bond donors (Lipinski definition) is 1. The number of furan rings is 1. The van der Waals surface area contributed by atoms with E-state index in [1.54, 1.807) is 31.4 Å². The number of hydrogen-bond acceptors (Lipinski definition) is 5. The number of amides is 1. The van der Waals surface area contributed by atoms with Crippen LogP contribution in [0, 0.1) is 0 Å². The molecule has 1 heterocycles. The number of para-hydroxylation sites is 1. The van der Waals surface area contributed by atoms with Crippen molar-refractivity contribution in [3.63, 3.8) is 0 Å². The molecule has 0 saturated heterocycles. The van der Waals surface area contributed by atoms with Crippen LogP contribution >= 0.6 is 0 Å². The SMILES string of the molecule is CCC(C)(C)c1ccc(OC)c(Cc2ccc(C(=O)Nc3c(OC)cccc3OC)o2)c1. The second-order valence-corrected chi connectivity index (χ2v) is 8.20. The number of carbonyl (C=O) groups is 1. The normalized spacial score (nSPS) is 11.2. The van der Waals surface area contributed by atoms with Crippen LogP contribution < -0.4 is 19.5 Å². The second-order valence-electron chi connectivity index (χ2n) is 8.20. The molecule has 0 radical (unpaired) electrons. The van der Waals surface area contributed by atoms with Crippen molar-refractivity contribution in [3.8, 4) is 17.2 Å². The molecule has 0 aliphatic rings. The van der Waals surface area contributed by atoms with E-state index in [1.807, 2.05) is 12.1 Å². The van der Waals surface area contributed by atoms with Crippen molar-refractivity contribution in [2.75, 3.05) is 26.6 Å². The Morgan fingerprint density at radius 1 is 0.938 bits per heavy atom. The van der Waals surface area contributed by atoms with Crippen molar-refractivity contribution < 1.29 is 23.4 Å². The van der Waals surface area contributed by atoms with Gasteiger partial charge < -0.3 is 23.9 Å². The van der Waals surface area contributed by atoms with Gasteiger partial charge in [0.15, 0.2) is 5.76 Å². The first-order valence-electron chi connectivity index (χ1n) is 10.6. The highest BCUT2D eigenvalue weighted by Gasteiger charge is 2.21. The maximum absolute atomic E-state index is 12.8. The smallest absolute Gasteiger partial charge is 0.291 e. The van der Waals surface area contributed by atoms with Gasteiger partial charge in [0.2, 0.25) is 0 Å². The third-order valence-corrected chi connectivity index (χ3v) is 5.86. The molecule has 6 heteroatoms. The highest BCUT2D eigenvalue weighted by molar-refractivity contribution is 6.04. The minimum atomic E-state index is -0.383. The van der Waals surface area contributed by atoms with E-state index >= 15 is 0 Å². The molecular weight excluding hydrogens is 406 g/mol. The number of anilines is 1. The number of methoxy groups -OCH3 is 3. The Labute approximate surface area is 189 Å². The maximum atomic E-state index is 12.8. The van der Waals surface area contributed by atoms with Crippen molar-refractivity contribution in [1.82, 2.24) is 0 Å². The Morgan fingerprint density at radius 3 is 2.19 bits per heavy atom. The Hall–Kier alpha value is -3.41. The summed E-state index contributed by atoms with van der Waals surface area (Å²) in [6, 6.07) is 15.0. The summed E-state index contributed by atoms with van der Waals surface area (Å²) in [6.07, 6.45) is 1.54. The van der Waals surface area contributed by atoms with E-state index in [1.165, 1.54) is 19.8 Å². The van der Waals surface area contributed by atoms with Gasteiger partial charge >= 0.3 is 0 Å². The van der Waals surface area contributed by atoms with Crippen LogP contribution in [0.5, 0.6) is 17.2 Å². The van der Waals surface area contributed by atoms with E-state index in [-0.39, 0.29) is 17.1 Å². The summed E-state index contributed by atoms with van der Waals surface area (Å²) >= 11 is 0. The average molecular weight is 438 g/mol. The maximum Gasteiger partial charge on any atom is 0.291 e. The fourth-order valence-electron chi connectivity index (χ4n) is 3.47. The molecular formula is C26H31NO5. The molecule has 0 bridgehead atoms. The summed E-state index contributed by atoms with van der Waals surface area (Å²) in [4.78, 5) is 12.8. The summed E-state index contributed by atoms with van der Waals surface area (Å²) in [5, 5.41) is 2.83. The van der Waals surface area contributed by atoms with Gasteiger partial charge in [-0.15, -0.1) is 0 Å². The molecule has 0 unspecified atom stereocenters. The number of nitrogens with one attached hydrogen (secondary N) is 1. The van der Waals surface area contributed by atoms with Crippen LogP contribution in [-0.4, -0.2) is 27.2 Å². The third kappa shape index (κ3) is 4.90. The van der Waals surface area contributed by atoms with Crippen LogP contribution in [0.3, 0.4) is 0 Å². The molecule has 32 heavy (non-hydrogen) atoms. The van der Waals surface area contributed by atoms with Crippen molar-refractivity contribution >= 4 is 11.6 Å². The van der Waals surface area contributed by atoms with E-state index in [2.05, 4.69) is 38.2 Å². The van der Waals surface area contributed by atoms with E-state index in [0.717, 1.165) is 17.7 Å². The van der Waals surface area contributed by atoms with Gasteiger partial charge in [0.05, 0.1) is 21.3 Å². The molecule has 0 atom stereocenters. The molecule has 0 aliphatic heterocycles. The van der Waals surface area contributed by atoms with Crippen LogP contribution in [0.4, 0.5) is 5.69 Å². The molecule has 3 aromatic rings. The van der Waals surface area contributed by atoms with Crippen molar-refractivity contribution in [1.29, 1.82) is 0 Å². The summed E-state index contributed by atoms with van der Waals surface area (Å²) in [7, 11) is 4.73. The Kier molecular flexibility index (Phi) is 7.13. The van der Waals surface area contributed by atoms with E-state index in [4.69, 9.17) is 18.6 Å². The predicted octanol–water partition coefficient (Wildman–Crippen LogP) is 5.84. The number of carbonyl (C=O) groups excluding carboxylic acids is 1. The van der Waals surface area contributed by atoms with Crippen molar-refractivity contribution in [3.05, 3.63) is 71.2 Å². The molecule has 3 rings (SSSR count). The van der Waals surface area contributed by atoms with Gasteiger partial charge in [0, 0.05) is 12.0 Å².